The number of hydrogen-bond donors (Lipinski definition) is 2. The molecule has 3 heterocycles. The number of rotatable bonds is 4. The van der Waals surface area contributed by atoms with Crippen molar-refractivity contribution in [3.8, 4) is 17.0 Å². The lowest BCUT2D eigenvalue weighted by atomic mass is 10.1. The molecule has 0 saturated heterocycles. The third kappa shape index (κ3) is 2.80. The topological polar surface area (TPSA) is 88.6 Å². The average molecular weight is 352 g/mol. The van der Waals surface area contributed by atoms with Crippen LogP contribution in [0.1, 0.15) is 10.4 Å². The predicted octanol–water partition coefficient (Wildman–Crippen LogP) is 3.85. The Morgan fingerprint density at radius 2 is 2.04 bits per heavy atom. The third-order valence-corrected chi connectivity index (χ3v) is 4.80. The molecule has 0 radical (unpaired) electrons. The molecule has 4 rings (SSSR count). The van der Waals surface area contributed by atoms with Crippen molar-refractivity contribution >= 4 is 33.5 Å². The first-order valence-electron chi connectivity index (χ1n) is 7.69. The van der Waals surface area contributed by atoms with Gasteiger partial charge in [0.1, 0.15) is 17.6 Å². The highest BCUT2D eigenvalue weighted by Crippen LogP contribution is 2.34. The molecule has 0 aliphatic heterocycles. The van der Waals surface area contributed by atoms with Crippen molar-refractivity contribution in [3.05, 3.63) is 41.3 Å². The number of aromatic amines is 1. The standard InChI is InChI=1S/C17H16N6OS/c1-9-6-11(4-5-12(9)24-3)13-10(2)25-17(22-13)23-16-14-15(19-7-18-14)20-8-21-16/h4-8H,1-3H3,(H2,18,19,20,21,22,23). The fourth-order valence-corrected chi connectivity index (χ4v) is 3.54. The van der Waals surface area contributed by atoms with Gasteiger partial charge in [0.2, 0.25) is 0 Å². The Hall–Kier alpha value is -3.00. The summed E-state index contributed by atoms with van der Waals surface area (Å²) in [5.74, 6) is 1.53. The van der Waals surface area contributed by atoms with Crippen molar-refractivity contribution in [2.45, 2.75) is 13.8 Å². The number of H-pyrrole nitrogens is 1. The Morgan fingerprint density at radius 1 is 1.16 bits per heavy atom. The second-order valence-electron chi connectivity index (χ2n) is 5.56. The molecule has 0 spiro atoms. The fraction of sp³-hybridized carbons (Fsp3) is 0.176. The Bertz CT molecular complexity index is 1050. The summed E-state index contributed by atoms with van der Waals surface area (Å²) in [4.78, 5) is 21.4. The van der Waals surface area contributed by atoms with Gasteiger partial charge in [0.15, 0.2) is 16.6 Å². The van der Waals surface area contributed by atoms with Crippen LogP contribution in [0.25, 0.3) is 22.4 Å². The summed E-state index contributed by atoms with van der Waals surface area (Å²) in [6.45, 7) is 4.09. The quantitative estimate of drug-likeness (QED) is 0.580. The summed E-state index contributed by atoms with van der Waals surface area (Å²) in [6, 6.07) is 6.08. The van der Waals surface area contributed by atoms with Crippen molar-refractivity contribution in [3.63, 3.8) is 0 Å². The zero-order valence-electron chi connectivity index (χ0n) is 14.0. The summed E-state index contributed by atoms with van der Waals surface area (Å²) in [7, 11) is 1.68. The number of nitrogens with zero attached hydrogens (tertiary/aromatic N) is 4. The molecule has 0 unspecified atom stereocenters. The Morgan fingerprint density at radius 3 is 2.84 bits per heavy atom. The number of ether oxygens (including phenoxy) is 1. The number of aromatic nitrogens is 5. The Balaban J connectivity index is 1.69. The van der Waals surface area contributed by atoms with Crippen LogP contribution < -0.4 is 10.1 Å². The molecule has 7 nitrogen and oxygen atoms in total. The first-order valence-corrected chi connectivity index (χ1v) is 8.51. The minimum Gasteiger partial charge on any atom is -0.496 e. The van der Waals surface area contributed by atoms with E-state index < -0.39 is 0 Å². The molecule has 0 aliphatic rings. The summed E-state index contributed by atoms with van der Waals surface area (Å²) in [5, 5.41) is 4.04. The molecule has 2 N–H and O–H groups in total. The first-order chi connectivity index (χ1) is 12.2. The van der Waals surface area contributed by atoms with Crippen LogP contribution in [0.2, 0.25) is 0 Å². The maximum absolute atomic E-state index is 5.33. The third-order valence-electron chi connectivity index (χ3n) is 3.91. The van der Waals surface area contributed by atoms with Crippen molar-refractivity contribution in [2.75, 3.05) is 12.4 Å². The number of imidazole rings is 1. The van der Waals surface area contributed by atoms with E-state index in [1.807, 2.05) is 19.1 Å². The molecule has 126 valence electrons. The van der Waals surface area contributed by atoms with Crippen LogP contribution >= 0.6 is 11.3 Å². The van der Waals surface area contributed by atoms with Crippen molar-refractivity contribution in [1.29, 1.82) is 0 Å². The number of thiazole rings is 1. The molecule has 0 aliphatic carbocycles. The smallest absolute Gasteiger partial charge is 0.189 e. The van der Waals surface area contributed by atoms with Gasteiger partial charge in [-0.3, -0.25) is 0 Å². The molecule has 3 aromatic heterocycles. The normalized spacial score (nSPS) is 11.0. The monoisotopic (exact) mass is 352 g/mol. The zero-order valence-corrected chi connectivity index (χ0v) is 14.8. The van der Waals surface area contributed by atoms with Crippen molar-refractivity contribution in [2.24, 2.45) is 0 Å². The van der Waals surface area contributed by atoms with Gasteiger partial charge in [-0.25, -0.2) is 19.9 Å². The number of anilines is 2. The highest BCUT2D eigenvalue weighted by atomic mass is 32.1. The largest absolute Gasteiger partial charge is 0.496 e. The van der Waals surface area contributed by atoms with Crippen LogP contribution in [0.15, 0.2) is 30.9 Å². The molecule has 8 heteroatoms. The average Bonchev–Trinajstić information content (AvgIpc) is 3.22. The van der Waals surface area contributed by atoms with E-state index in [4.69, 9.17) is 9.72 Å². The van der Waals surface area contributed by atoms with Gasteiger partial charge >= 0.3 is 0 Å². The molecule has 25 heavy (non-hydrogen) atoms. The molecule has 0 saturated carbocycles. The lowest BCUT2D eigenvalue weighted by Crippen LogP contribution is -1.95. The summed E-state index contributed by atoms with van der Waals surface area (Å²) >= 11 is 1.58. The highest BCUT2D eigenvalue weighted by molar-refractivity contribution is 7.16. The first kappa shape index (κ1) is 15.5. The van der Waals surface area contributed by atoms with E-state index in [-0.39, 0.29) is 0 Å². The molecule has 0 atom stereocenters. The Labute approximate surface area is 148 Å². The van der Waals surface area contributed by atoms with E-state index >= 15 is 0 Å². The fourth-order valence-electron chi connectivity index (χ4n) is 2.70. The SMILES string of the molecule is COc1ccc(-c2nc(Nc3ncnc4nc[nH]c34)sc2C)cc1C. The number of benzene rings is 1. The van der Waals surface area contributed by atoms with Gasteiger partial charge < -0.3 is 15.0 Å². The number of aryl methyl sites for hydroxylation is 2. The summed E-state index contributed by atoms with van der Waals surface area (Å²) in [5.41, 5.74) is 4.48. The maximum Gasteiger partial charge on any atom is 0.189 e. The van der Waals surface area contributed by atoms with E-state index in [1.165, 1.54) is 6.33 Å². The maximum atomic E-state index is 5.33. The number of methoxy groups -OCH3 is 1. The van der Waals surface area contributed by atoms with E-state index in [0.717, 1.165) is 38.1 Å². The number of nitrogens with one attached hydrogen (secondary N) is 2. The highest BCUT2D eigenvalue weighted by Gasteiger charge is 2.13. The minimum absolute atomic E-state index is 0.622. The predicted molar refractivity (Wildman–Crippen MR) is 98.5 cm³/mol. The van der Waals surface area contributed by atoms with Gasteiger partial charge in [-0.05, 0) is 37.6 Å². The van der Waals surface area contributed by atoms with Crippen molar-refractivity contribution in [1.82, 2.24) is 24.9 Å². The number of hydrogen-bond acceptors (Lipinski definition) is 7. The lowest BCUT2D eigenvalue weighted by molar-refractivity contribution is 0.412. The molecule has 0 bridgehead atoms. The molecule has 1 aromatic carbocycles. The van der Waals surface area contributed by atoms with Crippen molar-refractivity contribution < 1.29 is 4.74 Å². The van der Waals surface area contributed by atoms with Crippen LogP contribution in [-0.4, -0.2) is 32.0 Å². The minimum atomic E-state index is 0.622. The molecule has 0 amide bonds. The van der Waals surface area contributed by atoms with Gasteiger partial charge in [-0.1, -0.05) is 0 Å². The van der Waals surface area contributed by atoms with Crippen LogP contribution in [0.4, 0.5) is 10.9 Å². The molecular weight excluding hydrogens is 336 g/mol. The van der Waals surface area contributed by atoms with Crippen LogP contribution in [0.5, 0.6) is 5.75 Å². The van der Waals surface area contributed by atoms with Crippen LogP contribution in [0.3, 0.4) is 0 Å². The molecule has 4 aromatic rings. The summed E-state index contributed by atoms with van der Waals surface area (Å²) in [6.07, 6.45) is 3.09. The second kappa shape index (κ2) is 6.14. The van der Waals surface area contributed by atoms with Gasteiger partial charge in [0.05, 0.1) is 19.1 Å². The molecule has 0 fully saturated rings. The van der Waals surface area contributed by atoms with Gasteiger partial charge in [-0.15, -0.1) is 11.3 Å². The van der Waals surface area contributed by atoms with E-state index in [2.05, 4.69) is 38.2 Å². The van der Waals surface area contributed by atoms with Crippen LogP contribution in [-0.2, 0) is 0 Å². The Kier molecular flexibility index (Phi) is 3.81. The number of fused-ring (bicyclic) bond motifs is 1. The van der Waals surface area contributed by atoms with Gasteiger partial charge in [0.25, 0.3) is 0 Å². The lowest BCUT2D eigenvalue weighted by Gasteiger charge is -2.06. The van der Waals surface area contributed by atoms with E-state index in [9.17, 15) is 0 Å². The molecular formula is C17H16N6OS. The van der Waals surface area contributed by atoms with Crippen LogP contribution in [0, 0.1) is 13.8 Å². The zero-order chi connectivity index (χ0) is 17.4. The summed E-state index contributed by atoms with van der Waals surface area (Å²) < 4.78 is 5.33. The van der Waals surface area contributed by atoms with E-state index in [0.29, 0.717) is 11.5 Å². The van der Waals surface area contributed by atoms with Gasteiger partial charge in [-0.2, -0.15) is 0 Å². The van der Waals surface area contributed by atoms with E-state index in [1.54, 1.807) is 24.8 Å². The second-order valence-corrected chi connectivity index (χ2v) is 6.76. The van der Waals surface area contributed by atoms with Gasteiger partial charge in [0, 0.05) is 10.4 Å².